The summed E-state index contributed by atoms with van der Waals surface area (Å²) in [5.41, 5.74) is 0. The number of amides is 2. The van der Waals surface area contributed by atoms with Crippen molar-refractivity contribution in [3.8, 4) is 0 Å². The number of carbonyl (C=O) groups excluding carboxylic acids is 2. The number of rotatable bonds is 4. The van der Waals surface area contributed by atoms with Gasteiger partial charge in [0.2, 0.25) is 11.8 Å². The zero-order valence-corrected chi connectivity index (χ0v) is 14.7. The fraction of sp³-hybridized carbons (Fsp3) is 0.556. The second kappa shape index (κ2) is 8.53. The Bertz CT molecular complexity index is 553. The van der Waals surface area contributed by atoms with Gasteiger partial charge in [-0.1, -0.05) is 18.2 Å². The maximum absolute atomic E-state index is 12.5. The van der Waals surface area contributed by atoms with E-state index in [9.17, 15) is 9.59 Å². The number of hydrogen-bond acceptors (Lipinski definition) is 4. The highest BCUT2D eigenvalue weighted by Crippen LogP contribution is 2.22. The van der Waals surface area contributed by atoms with Gasteiger partial charge in [-0.15, -0.1) is 11.8 Å². The Labute approximate surface area is 147 Å². The van der Waals surface area contributed by atoms with Gasteiger partial charge in [0, 0.05) is 37.0 Å². The topological polar surface area (TPSA) is 49.9 Å². The van der Waals surface area contributed by atoms with Crippen LogP contribution in [0.15, 0.2) is 35.2 Å². The third-order valence-electron chi connectivity index (χ3n) is 4.63. The molecule has 1 aromatic carbocycles. The minimum absolute atomic E-state index is 0.0638. The molecule has 2 amide bonds. The molecule has 2 aliphatic rings. The smallest absolute Gasteiger partial charge is 0.232 e. The summed E-state index contributed by atoms with van der Waals surface area (Å²) < 4.78 is 5.30. The molecule has 0 atom stereocenters. The lowest BCUT2D eigenvalue weighted by molar-refractivity contribution is -0.143. The van der Waals surface area contributed by atoms with Crippen molar-refractivity contribution in [2.24, 2.45) is 5.92 Å². The van der Waals surface area contributed by atoms with Crippen molar-refractivity contribution in [1.29, 1.82) is 0 Å². The molecule has 24 heavy (non-hydrogen) atoms. The van der Waals surface area contributed by atoms with E-state index in [-0.39, 0.29) is 17.7 Å². The lowest BCUT2D eigenvalue weighted by Gasteiger charge is -2.35. The van der Waals surface area contributed by atoms with Crippen molar-refractivity contribution in [1.82, 2.24) is 9.80 Å². The highest BCUT2D eigenvalue weighted by molar-refractivity contribution is 8.00. The van der Waals surface area contributed by atoms with Crippen molar-refractivity contribution in [3.63, 3.8) is 0 Å². The fourth-order valence-electron chi connectivity index (χ4n) is 3.17. The summed E-state index contributed by atoms with van der Waals surface area (Å²) in [5.74, 6) is 0.936. The van der Waals surface area contributed by atoms with E-state index in [0.717, 1.165) is 17.7 Å². The quantitative estimate of drug-likeness (QED) is 0.780. The van der Waals surface area contributed by atoms with Gasteiger partial charge in [0.05, 0.1) is 19.0 Å². The van der Waals surface area contributed by atoms with E-state index in [1.54, 1.807) is 11.8 Å². The fourth-order valence-corrected chi connectivity index (χ4v) is 3.99. The summed E-state index contributed by atoms with van der Waals surface area (Å²) in [4.78, 5) is 29.8. The highest BCUT2D eigenvalue weighted by Gasteiger charge is 2.30. The van der Waals surface area contributed by atoms with Crippen LogP contribution in [0.25, 0.3) is 0 Å². The third kappa shape index (κ3) is 4.51. The van der Waals surface area contributed by atoms with E-state index < -0.39 is 0 Å². The van der Waals surface area contributed by atoms with E-state index in [0.29, 0.717) is 45.1 Å². The Morgan fingerprint density at radius 3 is 2.33 bits per heavy atom. The van der Waals surface area contributed by atoms with Gasteiger partial charge < -0.3 is 14.5 Å². The number of carbonyl (C=O) groups is 2. The molecule has 0 radical (unpaired) electrons. The largest absolute Gasteiger partial charge is 0.378 e. The number of hydrogen-bond donors (Lipinski definition) is 0. The maximum Gasteiger partial charge on any atom is 0.232 e. The summed E-state index contributed by atoms with van der Waals surface area (Å²) in [6.07, 6.45) is 1.55. The summed E-state index contributed by atoms with van der Waals surface area (Å²) in [6, 6.07) is 9.98. The molecule has 0 aromatic heterocycles. The highest BCUT2D eigenvalue weighted by atomic mass is 32.2. The zero-order valence-electron chi connectivity index (χ0n) is 13.9. The van der Waals surface area contributed by atoms with Gasteiger partial charge in [-0.2, -0.15) is 0 Å². The van der Waals surface area contributed by atoms with Crippen molar-refractivity contribution in [2.75, 3.05) is 45.1 Å². The molecule has 5 nitrogen and oxygen atoms in total. The molecule has 2 fully saturated rings. The van der Waals surface area contributed by atoms with Crippen LogP contribution in [0.2, 0.25) is 0 Å². The number of thioether (sulfide) groups is 1. The van der Waals surface area contributed by atoms with Gasteiger partial charge in [0.25, 0.3) is 0 Å². The van der Waals surface area contributed by atoms with E-state index in [1.165, 1.54) is 0 Å². The molecular formula is C18H24N2O3S. The van der Waals surface area contributed by atoms with Crippen LogP contribution in [0.1, 0.15) is 12.8 Å². The maximum atomic E-state index is 12.5. The van der Waals surface area contributed by atoms with Crippen LogP contribution in [-0.2, 0) is 14.3 Å². The van der Waals surface area contributed by atoms with Gasteiger partial charge in [0.15, 0.2) is 0 Å². The Morgan fingerprint density at radius 1 is 1.00 bits per heavy atom. The number of piperidine rings is 1. The summed E-state index contributed by atoms with van der Waals surface area (Å²) in [7, 11) is 0. The third-order valence-corrected chi connectivity index (χ3v) is 5.62. The lowest BCUT2D eigenvalue weighted by atomic mass is 9.95. The monoisotopic (exact) mass is 348 g/mol. The Hall–Kier alpha value is -1.53. The first-order valence-corrected chi connectivity index (χ1v) is 9.55. The Kier molecular flexibility index (Phi) is 6.15. The van der Waals surface area contributed by atoms with E-state index in [1.807, 2.05) is 40.1 Å². The minimum Gasteiger partial charge on any atom is -0.378 e. The molecule has 1 aromatic rings. The van der Waals surface area contributed by atoms with Crippen molar-refractivity contribution in [3.05, 3.63) is 30.3 Å². The van der Waals surface area contributed by atoms with Gasteiger partial charge >= 0.3 is 0 Å². The number of nitrogens with zero attached hydrogens (tertiary/aromatic N) is 2. The molecule has 0 unspecified atom stereocenters. The van der Waals surface area contributed by atoms with Crippen LogP contribution in [0.4, 0.5) is 0 Å². The molecule has 2 saturated heterocycles. The van der Waals surface area contributed by atoms with Crippen LogP contribution in [0.3, 0.4) is 0 Å². The predicted molar refractivity (Wildman–Crippen MR) is 93.9 cm³/mol. The van der Waals surface area contributed by atoms with Crippen LogP contribution >= 0.6 is 11.8 Å². The first kappa shape index (κ1) is 17.3. The molecule has 3 rings (SSSR count). The SMILES string of the molecule is O=C(CSc1ccccc1)N1CCC(C(=O)N2CCOCC2)CC1. The lowest BCUT2D eigenvalue weighted by Crippen LogP contribution is -2.47. The molecule has 2 heterocycles. The predicted octanol–water partition coefficient (Wildman–Crippen LogP) is 1.88. The number of morpholine rings is 1. The molecule has 0 saturated carbocycles. The zero-order chi connectivity index (χ0) is 16.8. The molecule has 0 aliphatic carbocycles. The van der Waals surface area contributed by atoms with E-state index in [2.05, 4.69) is 0 Å². The van der Waals surface area contributed by atoms with E-state index in [4.69, 9.17) is 4.74 Å². The van der Waals surface area contributed by atoms with Gasteiger partial charge in [0.1, 0.15) is 0 Å². The van der Waals surface area contributed by atoms with Crippen molar-refractivity contribution >= 4 is 23.6 Å². The van der Waals surface area contributed by atoms with Crippen molar-refractivity contribution in [2.45, 2.75) is 17.7 Å². The first-order chi connectivity index (χ1) is 11.7. The molecule has 0 N–H and O–H groups in total. The molecular weight excluding hydrogens is 324 g/mol. The van der Waals surface area contributed by atoms with Gasteiger partial charge in [-0.05, 0) is 25.0 Å². The van der Waals surface area contributed by atoms with Crippen LogP contribution in [-0.4, -0.2) is 66.8 Å². The second-order valence-corrected chi connectivity index (χ2v) is 7.24. The van der Waals surface area contributed by atoms with Gasteiger partial charge in [-0.25, -0.2) is 0 Å². The molecule has 130 valence electrons. The summed E-state index contributed by atoms with van der Waals surface area (Å²) in [6.45, 7) is 4.06. The average Bonchev–Trinajstić information content (AvgIpc) is 2.67. The van der Waals surface area contributed by atoms with E-state index >= 15 is 0 Å². The Balaban J connectivity index is 1.42. The normalized spacial score (nSPS) is 19.3. The van der Waals surface area contributed by atoms with Crippen LogP contribution in [0.5, 0.6) is 0 Å². The number of likely N-dealkylation sites (tertiary alicyclic amines) is 1. The molecule has 2 aliphatic heterocycles. The second-order valence-electron chi connectivity index (χ2n) is 6.19. The van der Waals surface area contributed by atoms with Crippen LogP contribution in [0, 0.1) is 5.92 Å². The first-order valence-electron chi connectivity index (χ1n) is 8.56. The number of ether oxygens (including phenoxy) is 1. The molecule has 0 bridgehead atoms. The average molecular weight is 348 g/mol. The Morgan fingerprint density at radius 2 is 1.67 bits per heavy atom. The van der Waals surface area contributed by atoms with Gasteiger partial charge in [-0.3, -0.25) is 9.59 Å². The van der Waals surface area contributed by atoms with Crippen molar-refractivity contribution < 1.29 is 14.3 Å². The minimum atomic E-state index is 0.0638. The molecule has 6 heteroatoms. The standard InChI is InChI=1S/C18H24N2O3S/c21-17(14-24-16-4-2-1-3-5-16)19-8-6-15(7-9-19)18(22)20-10-12-23-13-11-20/h1-5,15H,6-14H2. The summed E-state index contributed by atoms with van der Waals surface area (Å²) in [5, 5.41) is 0. The molecule has 0 spiro atoms. The summed E-state index contributed by atoms with van der Waals surface area (Å²) >= 11 is 1.57. The van der Waals surface area contributed by atoms with Crippen LogP contribution < -0.4 is 0 Å². The number of benzene rings is 1.